The van der Waals surface area contributed by atoms with Gasteiger partial charge < -0.3 is 25.3 Å². The number of hydrogen-bond donors (Lipinski definition) is 4. The summed E-state index contributed by atoms with van der Waals surface area (Å²) >= 11 is 0. The van der Waals surface area contributed by atoms with Crippen LogP contribution in [-0.2, 0) is 21.4 Å². The first-order valence-corrected chi connectivity index (χ1v) is 12.7. The van der Waals surface area contributed by atoms with Crippen molar-refractivity contribution in [1.82, 2.24) is 10.3 Å². The molecule has 0 saturated carbocycles. The van der Waals surface area contributed by atoms with Crippen LogP contribution in [0.1, 0.15) is 72.4 Å². The molecule has 2 heterocycles. The van der Waals surface area contributed by atoms with E-state index in [-0.39, 0.29) is 45.6 Å². The first-order chi connectivity index (χ1) is 18.1. The van der Waals surface area contributed by atoms with Gasteiger partial charge in [-0.1, -0.05) is 18.2 Å². The van der Waals surface area contributed by atoms with E-state index >= 15 is 0 Å². The molecule has 0 bridgehead atoms. The van der Waals surface area contributed by atoms with Crippen molar-refractivity contribution in [2.75, 3.05) is 0 Å². The lowest BCUT2D eigenvalue weighted by Crippen LogP contribution is -2.41. The Morgan fingerprint density at radius 3 is 2.63 bits per heavy atom. The van der Waals surface area contributed by atoms with Crippen LogP contribution < -0.4 is 10.1 Å². The number of H-pyrrole nitrogens is 1. The summed E-state index contributed by atoms with van der Waals surface area (Å²) in [6.07, 6.45) is 3.99. The number of phenols is 2. The summed E-state index contributed by atoms with van der Waals surface area (Å²) in [6, 6.07) is 8.02. The minimum absolute atomic E-state index is 0.0227. The Morgan fingerprint density at radius 1 is 1.16 bits per heavy atom. The first-order valence-electron chi connectivity index (χ1n) is 12.7. The summed E-state index contributed by atoms with van der Waals surface area (Å²) in [5, 5.41) is 26.2. The van der Waals surface area contributed by atoms with Crippen molar-refractivity contribution >= 4 is 28.3 Å². The number of allylic oxidation sites excluding steroid dienone is 4. The van der Waals surface area contributed by atoms with Crippen LogP contribution >= 0.6 is 0 Å². The lowest BCUT2D eigenvalue weighted by atomic mass is 9.70. The lowest BCUT2D eigenvalue weighted by Gasteiger charge is -2.30. The number of carbonyl (C=O) groups excluding carboxylic acids is 3. The Kier molecular flexibility index (Phi) is 5.11. The van der Waals surface area contributed by atoms with E-state index < -0.39 is 28.5 Å². The summed E-state index contributed by atoms with van der Waals surface area (Å²) in [7, 11) is 0. The number of aromatic amines is 1. The van der Waals surface area contributed by atoms with E-state index in [0.29, 0.717) is 5.70 Å². The number of Topliss-reactive ketones (excluding diaryl/α,β-unsaturated/α-hetero) is 2. The number of aromatic hydroxyl groups is 2. The third-order valence-corrected chi connectivity index (χ3v) is 8.27. The van der Waals surface area contributed by atoms with E-state index in [1.54, 1.807) is 13.8 Å². The van der Waals surface area contributed by atoms with Gasteiger partial charge in [0.15, 0.2) is 17.3 Å². The molecular formula is C30H28N2O6. The van der Waals surface area contributed by atoms with Gasteiger partial charge >= 0.3 is 0 Å². The third kappa shape index (κ3) is 3.06. The second-order valence-electron chi connectivity index (χ2n) is 10.5. The number of ether oxygens (including phenoxy) is 1. The number of aromatic nitrogens is 1. The molecule has 1 aromatic heterocycles. The molecule has 6 rings (SSSR count). The van der Waals surface area contributed by atoms with Gasteiger partial charge in [0.2, 0.25) is 0 Å². The molecule has 3 aliphatic rings. The molecule has 8 heteroatoms. The van der Waals surface area contributed by atoms with Gasteiger partial charge in [-0.3, -0.25) is 14.4 Å². The van der Waals surface area contributed by atoms with Crippen LogP contribution in [0.15, 0.2) is 47.4 Å². The smallest absolute Gasteiger partial charge is 0.194 e. The number of phenolic OH excluding ortho intramolecular Hbond substituents is 2. The fourth-order valence-corrected chi connectivity index (χ4v) is 6.26. The zero-order valence-electron chi connectivity index (χ0n) is 21.6. The molecule has 0 saturated heterocycles. The van der Waals surface area contributed by atoms with Crippen molar-refractivity contribution in [3.8, 4) is 17.2 Å². The Labute approximate surface area is 219 Å². The first kappa shape index (κ1) is 24.0. The summed E-state index contributed by atoms with van der Waals surface area (Å²) in [5.41, 5.74) is 2.26. The van der Waals surface area contributed by atoms with Crippen LogP contribution in [0.2, 0.25) is 0 Å². The molecule has 194 valence electrons. The van der Waals surface area contributed by atoms with Gasteiger partial charge in [0.1, 0.15) is 34.0 Å². The number of carbonyl (C=O) groups is 3. The number of aryl methyl sites for hydroxylation is 1. The van der Waals surface area contributed by atoms with Crippen LogP contribution in [-0.4, -0.2) is 32.5 Å². The number of nitrogens with one attached hydrogen (secondary N) is 2. The minimum atomic E-state index is -1.53. The molecule has 4 N–H and O–H groups in total. The topological polar surface area (TPSA) is 129 Å². The number of ketones is 3. The Morgan fingerprint density at radius 2 is 1.89 bits per heavy atom. The molecule has 38 heavy (non-hydrogen) atoms. The highest BCUT2D eigenvalue weighted by Crippen LogP contribution is 2.57. The zero-order chi connectivity index (χ0) is 27.1. The SMILES string of the molecule is CC(=O)c1c(O)c(C)c(O)c2c1OC1=CC(=O)/C(=C(/C)N[C@H]3CCCc4c3[nH]c3ccccc43)C(=O)[C@@]12C. The number of fused-ring (bicyclic) bond motifs is 6. The molecule has 2 aliphatic carbocycles. The van der Waals surface area contributed by atoms with Crippen LogP contribution in [0.25, 0.3) is 10.9 Å². The molecule has 8 nitrogen and oxygen atoms in total. The lowest BCUT2D eigenvalue weighted by molar-refractivity contribution is -0.123. The van der Waals surface area contributed by atoms with Gasteiger partial charge in [0.25, 0.3) is 0 Å². The van der Waals surface area contributed by atoms with E-state index in [1.807, 2.05) is 18.2 Å². The number of rotatable bonds is 3. The Bertz CT molecular complexity index is 1670. The maximum atomic E-state index is 14.1. The van der Waals surface area contributed by atoms with Crippen molar-refractivity contribution in [2.45, 2.75) is 58.4 Å². The van der Waals surface area contributed by atoms with Gasteiger partial charge in [0.05, 0.1) is 17.2 Å². The van der Waals surface area contributed by atoms with Gasteiger partial charge in [-0.05, 0) is 58.6 Å². The van der Waals surface area contributed by atoms with E-state index in [4.69, 9.17) is 4.74 Å². The van der Waals surface area contributed by atoms with E-state index in [2.05, 4.69) is 16.4 Å². The molecule has 0 unspecified atom stereocenters. The summed E-state index contributed by atoms with van der Waals surface area (Å²) in [5.74, 6) is -2.34. The molecule has 0 fully saturated rings. The second kappa shape index (κ2) is 8.08. The van der Waals surface area contributed by atoms with Crippen LogP contribution in [0.4, 0.5) is 0 Å². The van der Waals surface area contributed by atoms with Crippen LogP contribution in [0.5, 0.6) is 17.2 Å². The highest BCUT2D eigenvalue weighted by Gasteiger charge is 2.56. The van der Waals surface area contributed by atoms with Crippen LogP contribution in [0.3, 0.4) is 0 Å². The molecule has 0 spiro atoms. The van der Waals surface area contributed by atoms with Crippen LogP contribution in [0, 0.1) is 6.92 Å². The quantitative estimate of drug-likeness (QED) is 0.227. The normalized spacial score (nSPS) is 23.4. The maximum absolute atomic E-state index is 14.1. The maximum Gasteiger partial charge on any atom is 0.194 e. The monoisotopic (exact) mass is 512 g/mol. The van der Waals surface area contributed by atoms with Crippen molar-refractivity contribution in [1.29, 1.82) is 0 Å². The molecule has 0 amide bonds. The Balaban J connectivity index is 1.45. The largest absolute Gasteiger partial charge is 0.507 e. The van der Waals surface area contributed by atoms with Crippen molar-refractivity contribution in [3.05, 3.63) is 75.3 Å². The summed E-state index contributed by atoms with van der Waals surface area (Å²) < 4.78 is 5.85. The Hall–Kier alpha value is -4.33. The fourth-order valence-electron chi connectivity index (χ4n) is 6.26. The molecule has 2 atom stereocenters. The number of hydrogen-bond acceptors (Lipinski definition) is 7. The minimum Gasteiger partial charge on any atom is -0.507 e. The van der Waals surface area contributed by atoms with Crippen molar-refractivity contribution < 1.29 is 29.3 Å². The molecule has 2 aromatic carbocycles. The summed E-state index contributed by atoms with van der Waals surface area (Å²) in [4.78, 5) is 43.3. The molecule has 3 aromatic rings. The van der Waals surface area contributed by atoms with Gasteiger partial charge in [-0.2, -0.15) is 0 Å². The van der Waals surface area contributed by atoms with Crippen molar-refractivity contribution in [3.63, 3.8) is 0 Å². The highest BCUT2D eigenvalue weighted by atomic mass is 16.5. The predicted molar refractivity (Wildman–Crippen MR) is 140 cm³/mol. The third-order valence-electron chi connectivity index (χ3n) is 8.27. The molecular weight excluding hydrogens is 484 g/mol. The fraction of sp³-hybridized carbons (Fsp3) is 0.300. The van der Waals surface area contributed by atoms with E-state index in [9.17, 15) is 24.6 Å². The van der Waals surface area contributed by atoms with Gasteiger partial charge in [-0.25, -0.2) is 0 Å². The van der Waals surface area contributed by atoms with E-state index in [0.717, 1.165) is 30.5 Å². The second-order valence-corrected chi connectivity index (χ2v) is 10.5. The van der Waals surface area contributed by atoms with Crippen molar-refractivity contribution in [2.24, 2.45) is 0 Å². The predicted octanol–water partition coefficient (Wildman–Crippen LogP) is 4.72. The number of para-hydroxylation sites is 1. The van der Waals surface area contributed by atoms with Gasteiger partial charge in [0, 0.05) is 33.9 Å². The summed E-state index contributed by atoms with van der Waals surface area (Å²) in [6.45, 7) is 6.02. The molecule has 0 radical (unpaired) electrons. The van der Waals surface area contributed by atoms with E-state index in [1.165, 1.54) is 30.9 Å². The average molecular weight is 513 g/mol. The average Bonchev–Trinajstić information content (AvgIpc) is 3.39. The van der Waals surface area contributed by atoms with Gasteiger partial charge in [-0.15, -0.1) is 0 Å². The standard InChI is InChI=1S/C30H28N2O6/c1-13-26(35)23(15(3)33)28-24(27(13)36)30(4)21(38-28)12-20(34)22(29(30)37)14(2)31-19-11-7-9-17-16-8-5-6-10-18(16)32-25(17)19/h5-6,8,10,12,19,31-32,35-36H,7,9,11H2,1-4H3/b22-14+/t19-,30-/m0/s1. The highest BCUT2D eigenvalue weighted by molar-refractivity contribution is 6.31. The number of benzene rings is 2. The zero-order valence-corrected chi connectivity index (χ0v) is 21.6. The molecule has 1 aliphatic heterocycles.